The number of aliphatic hydroxyl groups is 9. The van der Waals surface area contributed by atoms with Gasteiger partial charge in [0.1, 0.15) is 89.3 Å². The maximum Gasteiger partial charge on any atom is 0.303 e. The van der Waals surface area contributed by atoms with Gasteiger partial charge in [-0.3, -0.25) is 9.59 Å². The number of aliphatic hydroxyl groups excluding tert-OH is 9. The number of fused-ring (bicyclic) bond motifs is 1. The van der Waals surface area contributed by atoms with E-state index in [0.717, 1.165) is 18.6 Å². The Morgan fingerprint density at radius 3 is 1.90 bits per heavy atom. The average molecular weight is 881 g/mol. The van der Waals surface area contributed by atoms with E-state index >= 15 is 0 Å². The standard InChI is InChI=1S/C41H52O21/c1-15(2)6-11-20-22(57-39-31(51)29(49)26(46)23(13-42)58-39)12-21(45)25-28(48)37(35(60-36(20)25)18-7-9-19(54-5)10-8-18)61-41-33(53)38(34(16(3)55-41)56-17(4)44)62-40-32(52)30(50)27(47)24(14-43)59-40/h6-10,12,16,23-24,26-27,29-34,38-43,45-47,49-53H,11,13-14H2,1-5H3/t16-,23+,24+,26+,27+,29-,30-,31+,32+,33+,34-,38-,39+,40-,41-/m0/s1. The fourth-order valence-electron chi connectivity index (χ4n) is 7.34. The summed E-state index contributed by atoms with van der Waals surface area (Å²) in [5.74, 6) is -2.20. The highest BCUT2D eigenvalue weighted by Crippen LogP contribution is 2.42. The van der Waals surface area contributed by atoms with Gasteiger partial charge in [-0.2, -0.15) is 0 Å². The van der Waals surface area contributed by atoms with Crippen LogP contribution >= 0.6 is 0 Å². The lowest BCUT2D eigenvalue weighted by atomic mass is 9.97. The maximum absolute atomic E-state index is 14.8. The van der Waals surface area contributed by atoms with E-state index in [4.69, 9.17) is 42.3 Å². The predicted octanol–water partition coefficient (Wildman–Crippen LogP) is -1.54. The Morgan fingerprint density at radius 2 is 1.34 bits per heavy atom. The fourth-order valence-corrected chi connectivity index (χ4v) is 7.34. The van der Waals surface area contributed by atoms with Crippen LogP contribution < -0.4 is 19.6 Å². The average Bonchev–Trinajstić information content (AvgIpc) is 3.24. The van der Waals surface area contributed by atoms with E-state index in [9.17, 15) is 60.7 Å². The summed E-state index contributed by atoms with van der Waals surface area (Å²) >= 11 is 0. The number of benzene rings is 2. The summed E-state index contributed by atoms with van der Waals surface area (Å²) in [6.45, 7) is 4.54. The van der Waals surface area contributed by atoms with Crippen molar-refractivity contribution < 1.29 is 98.2 Å². The molecule has 2 aromatic carbocycles. The quantitative estimate of drug-likeness (QED) is 0.0687. The minimum absolute atomic E-state index is 0.00641. The molecule has 1 aromatic heterocycles. The molecule has 10 N–H and O–H groups in total. The molecule has 0 amide bonds. The normalized spacial score (nSPS) is 33.7. The number of hydrogen-bond donors (Lipinski definition) is 10. The first kappa shape index (κ1) is 47.0. The Labute approximate surface area is 353 Å². The molecule has 4 heterocycles. The van der Waals surface area contributed by atoms with Crippen molar-refractivity contribution in [2.45, 2.75) is 126 Å². The van der Waals surface area contributed by atoms with E-state index in [1.165, 1.54) is 26.2 Å². The molecule has 0 spiro atoms. The first-order valence-electron chi connectivity index (χ1n) is 19.6. The van der Waals surface area contributed by atoms with Crippen molar-refractivity contribution in [3.8, 4) is 34.3 Å². The number of phenolic OH excluding ortho intramolecular Hbond substituents is 1. The van der Waals surface area contributed by atoms with Crippen molar-refractivity contribution >= 4 is 16.9 Å². The van der Waals surface area contributed by atoms with Gasteiger partial charge in [-0.15, -0.1) is 0 Å². The topological polar surface area (TPSA) is 323 Å². The lowest BCUT2D eigenvalue weighted by Crippen LogP contribution is -2.65. The number of rotatable bonds is 13. The second-order valence-corrected chi connectivity index (χ2v) is 15.4. The first-order valence-corrected chi connectivity index (χ1v) is 19.6. The number of carbonyl (C=O) groups excluding carboxylic acids is 1. The summed E-state index contributed by atoms with van der Waals surface area (Å²) in [6, 6.07) is 7.16. The zero-order chi connectivity index (χ0) is 45.3. The molecule has 3 aliphatic heterocycles. The minimum Gasteiger partial charge on any atom is -0.507 e. The highest BCUT2D eigenvalue weighted by atomic mass is 16.7. The van der Waals surface area contributed by atoms with E-state index in [2.05, 4.69) is 0 Å². The molecule has 6 rings (SSSR count). The van der Waals surface area contributed by atoms with Crippen LogP contribution in [0.1, 0.15) is 33.3 Å². The highest BCUT2D eigenvalue weighted by molar-refractivity contribution is 5.91. The van der Waals surface area contributed by atoms with E-state index in [0.29, 0.717) is 5.75 Å². The zero-order valence-corrected chi connectivity index (χ0v) is 34.2. The smallest absolute Gasteiger partial charge is 0.303 e. The first-order chi connectivity index (χ1) is 29.4. The summed E-state index contributed by atoms with van der Waals surface area (Å²) in [5, 5.41) is 105. The van der Waals surface area contributed by atoms with Crippen LogP contribution in [0.5, 0.6) is 23.0 Å². The third kappa shape index (κ3) is 9.40. The van der Waals surface area contributed by atoms with Crippen molar-refractivity contribution in [2.75, 3.05) is 20.3 Å². The summed E-state index contributed by atoms with van der Waals surface area (Å²) in [7, 11) is 1.43. The molecule has 0 bridgehead atoms. The molecule has 15 atom stereocenters. The van der Waals surface area contributed by atoms with Crippen LogP contribution in [0.3, 0.4) is 0 Å². The van der Waals surface area contributed by atoms with E-state index in [1.54, 1.807) is 32.1 Å². The monoisotopic (exact) mass is 880 g/mol. The molecule has 0 unspecified atom stereocenters. The number of ether oxygens (including phenoxy) is 8. The number of methoxy groups -OCH3 is 1. The van der Waals surface area contributed by atoms with Crippen LogP contribution in [0, 0.1) is 0 Å². The second kappa shape index (κ2) is 19.5. The van der Waals surface area contributed by atoms with Gasteiger partial charge in [-0.25, -0.2) is 0 Å². The van der Waals surface area contributed by atoms with Crippen LogP contribution in [0.2, 0.25) is 0 Å². The lowest BCUT2D eigenvalue weighted by molar-refractivity contribution is -0.350. The maximum atomic E-state index is 14.8. The Balaban J connectivity index is 1.48. The molecule has 3 aliphatic rings. The molecule has 0 radical (unpaired) electrons. The number of hydrogen-bond acceptors (Lipinski definition) is 21. The summed E-state index contributed by atoms with van der Waals surface area (Å²) < 4.78 is 52.2. The molecular formula is C41H52O21. The van der Waals surface area contributed by atoms with Gasteiger partial charge in [0.15, 0.2) is 18.2 Å². The predicted molar refractivity (Wildman–Crippen MR) is 209 cm³/mol. The summed E-state index contributed by atoms with van der Waals surface area (Å²) in [4.78, 5) is 27.0. The molecule has 21 nitrogen and oxygen atoms in total. The van der Waals surface area contributed by atoms with Gasteiger partial charge in [0.25, 0.3) is 0 Å². The molecule has 0 saturated carbocycles. The molecule has 3 fully saturated rings. The van der Waals surface area contributed by atoms with Crippen molar-refractivity contribution in [3.63, 3.8) is 0 Å². The number of allylic oxidation sites excluding steroid dienone is 2. The van der Waals surface area contributed by atoms with Crippen LogP contribution in [-0.2, 0) is 34.9 Å². The molecule has 3 aromatic rings. The van der Waals surface area contributed by atoms with Gasteiger partial charge in [-0.05, 0) is 51.5 Å². The Bertz CT molecular complexity index is 2110. The van der Waals surface area contributed by atoms with Gasteiger partial charge in [0.2, 0.25) is 23.8 Å². The Hall–Kier alpha value is -4.46. The minimum atomic E-state index is -1.99. The summed E-state index contributed by atoms with van der Waals surface area (Å²) in [6.07, 6.45) is -23.5. The SMILES string of the molecule is COc1ccc(-c2oc3c(CC=C(C)C)c(O[C@@H]4O[C@H](CO)[C@@H](O)[C@H](O)[C@H]4O)cc(O)c3c(=O)c2O[C@@H]2O[C@@H](C)[C@H](OC(C)=O)[C@@H](O[C@@H]3O[C@H](CO)[C@@H](O)[C@H](O)[C@H]3O)[C@H]2O)cc1. The molecule has 342 valence electrons. The third-order valence-corrected chi connectivity index (χ3v) is 10.8. The second-order valence-electron chi connectivity index (χ2n) is 15.4. The van der Waals surface area contributed by atoms with E-state index in [-0.39, 0.29) is 34.6 Å². The van der Waals surface area contributed by atoms with Crippen molar-refractivity contribution in [1.82, 2.24) is 0 Å². The number of esters is 1. The molecule has 62 heavy (non-hydrogen) atoms. The number of phenols is 1. The molecular weight excluding hydrogens is 828 g/mol. The number of carbonyl (C=O) groups is 1. The Morgan fingerprint density at radius 1 is 0.758 bits per heavy atom. The number of aromatic hydroxyl groups is 1. The van der Waals surface area contributed by atoms with E-state index < -0.39 is 134 Å². The van der Waals surface area contributed by atoms with Gasteiger partial charge in [0, 0.05) is 24.1 Å². The van der Waals surface area contributed by atoms with Gasteiger partial charge < -0.3 is 93.4 Å². The van der Waals surface area contributed by atoms with Gasteiger partial charge >= 0.3 is 5.97 Å². The molecule has 3 saturated heterocycles. The third-order valence-electron chi connectivity index (χ3n) is 10.8. The van der Waals surface area contributed by atoms with Crippen LogP contribution in [-0.4, -0.2) is 169 Å². The molecule has 21 heteroatoms. The molecule has 0 aliphatic carbocycles. The van der Waals surface area contributed by atoms with Crippen LogP contribution in [0.25, 0.3) is 22.3 Å². The summed E-state index contributed by atoms with van der Waals surface area (Å²) in [5.41, 5.74) is -0.0771. The van der Waals surface area contributed by atoms with Crippen LogP contribution in [0.4, 0.5) is 0 Å². The largest absolute Gasteiger partial charge is 0.507 e. The van der Waals surface area contributed by atoms with Crippen molar-refractivity contribution in [1.29, 1.82) is 0 Å². The zero-order valence-electron chi connectivity index (χ0n) is 34.2. The van der Waals surface area contributed by atoms with Crippen molar-refractivity contribution in [3.05, 3.63) is 57.8 Å². The fraction of sp³-hybridized carbons (Fsp3) is 0.561. The van der Waals surface area contributed by atoms with Crippen molar-refractivity contribution in [2.24, 2.45) is 0 Å². The van der Waals surface area contributed by atoms with E-state index in [1.807, 2.05) is 0 Å². The van der Waals surface area contributed by atoms with Crippen LogP contribution in [0.15, 0.2) is 51.2 Å². The van der Waals surface area contributed by atoms with Gasteiger partial charge in [0.05, 0.1) is 26.4 Å². The van der Waals surface area contributed by atoms with Gasteiger partial charge in [-0.1, -0.05) is 11.6 Å². The highest BCUT2D eigenvalue weighted by Gasteiger charge is 2.53. The Kier molecular flexibility index (Phi) is 14.8. The lowest BCUT2D eigenvalue weighted by Gasteiger charge is -2.46.